The molecule has 1 atom stereocenters. The van der Waals surface area contributed by atoms with Gasteiger partial charge in [0.25, 0.3) is 0 Å². The maximum absolute atomic E-state index is 11.0. The standard InChI is InChI=1S/C14H22N2O4/c1-4-7-15-9-11(2)10-20-14-6-5-12(19-3)8-13(14)16(17)18/h5-6,8,11,15H,4,7,9-10H2,1-3H3. The van der Waals surface area contributed by atoms with E-state index in [1.165, 1.54) is 13.2 Å². The van der Waals surface area contributed by atoms with Crippen molar-refractivity contribution < 1.29 is 14.4 Å². The van der Waals surface area contributed by atoms with Gasteiger partial charge < -0.3 is 14.8 Å². The number of benzene rings is 1. The lowest BCUT2D eigenvalue weighted by Gasteiger charge is -2.14. The van der Waals surface area contributed by atoms with Gasteiger partial charge in [-0.25, -0.2) is 0 Å². The zero-order chi connectivity index (χ0) is 15.0. The minimum atomic E-state index is -0.460. The number of hydrogen-bond donors (Lipinski definition) is 1. The summed E-state index contributed by atoms with van der Waals surface area (Å²) < 4.78 is 10.5. The average Bonchev–Trinajstić information content (AvgIpc) is 2.45. The van der Waals surface area contributed by atoms with Crippen LogP contribution in [0.1, 0.15) is 20.3 Å². The Kier molecular flexibility index (Phi) is 6.79. The quantitative estimate of drug-likeness (QED) is 0.428. The van der Waals surface area contributed by atoms with Crippen molar-refractivity contribution in [3.63, 3.8) is 0 Å². The van der Waals surface area contributed by atoms with Gasteiger partial charge >= 0.3 is 5.69 Å². The van der Waals surface area contributed by atoms with Crippen LogP contribution in [-0.2, 0) is 0 Å². The van der Waals surface area contributed by atoms with Crippen LogP contribution in [0.4, 0.5) is 5.69 Å². The third-order valence-electron chi connectivity index (χ3n) is 2.81. The molecular weight excluding hydrogens is 260 g/mol. The highest BCUT2D eigenvalue weighted by atomic mass is 16.6. The Morgan fingerprint density at radius 1 is 1.45 bits per heavy atom. The smallest absolute Gasteiger partial charge is 0.314 e. The fraction of sp³-hybridized carbons (Fsp3) is 0.571. The fourth-order valence-corrected chi connectivity index (χ4v) is 1.71. The topological polar surface area (TPSA) is 73.6 Å². The van der Waals surface area contributed by atoms with Crippen LogP contribution in [-0.4, -0.2) is 31.7 Å². The molecule has 0 fully saturated rings. The molecule has 0 aliphatic heterocycles. The summed E-state index contributed by atoms with van der Waals surface area (Å²) in [5.74, 6) is 1.00. The van der Waals surface area contributed by atoms with Gasteiger partial charge in [-0.3, -0.25) is 10.1 Å². The first-order valence-corrected chi connectivity index (χ1v) is 6.74. The summed E-state index contributed by atoms with van der Waals surface area (Å²) in [5.41, 5.74) is -0.0712. The van der Waals surface area contributed by atoms with Crippen LogP contribution < -0.4 is 14.8 Å². The molecule has 1 aromatic carbocycles. The minimum Gasteiger partial charge on any atom is -0.496 e. The fourth-order valence-electron chi connectivity index (χ4n) is 1.71. The molecule has 1 N–H and O–H groups in total. The number of nitrogens with zero attached hydrogens (tertiary/aromatic N) is 1. The molecule has 1 unspecified atom stereocenters. The maximum Gasteiger partial charge on any atom is 0.314 e. The molecule has 1 rings (SSSR count). The summed E-state index contributed by atoms with van der Waals surface area (Å²) >= 11 is 0. The Bertz CT molecular complexity index is 437. The first kappa shape index (κ1) is 16.2. The number of rotatable bonds is 9. The maximum atomic E-state index is 11.0. The summed E-state index contributed by atoms with van der Waals surface area (Å²) in [6.07, 6.45) is 1.08. The monoisotopic (exact) mass is 282 g/mol. The molecule has 0 aliphatic rings. The van der Waals surface area contributed by atoms with Crippen LogP contribution in [0.15, 0.2) is 18.2 Å². The second-order valence-corrected chi connectivity index (χ2v) is 4.71. The summed E-state index contributed by atoms with van der Waals surface area (Å²) in [6, 6.07) is 4.60. The summed E-state index contributed by atoms with van der Waals surface area (Å²) in [4.78, 5) is 10.5. The first-order chi connectivity index (χ1) is 9.58. The predicted molar refractivity (Wildman–Crippen MR) is 77.5 cm³/mol. The molecule has 0 saturated carbocycles. The molecule has 0 radical (unpaired) electrons. The van der Waals surface area contributed by atoms with E-state index >= 15 is 0 Å². The zero-order valence-corrected chi connectivity index (χ0v) is 12.2. The molecule has 0 amide bonds. The summed E-state index contributed by atoms with van der Waals surface area (Å²) in [7, 11) is 1.47. The van der Waals surface area contributed by atoms with Crippen molar-refractivity contribution in [1.29, 1.82) is 0 Å². The van der Waals surface area contributed by atoms with E-state index in [1.807, 2.05) is 6.92 Å². The zero-order valence-electron chi connectivity index (χ0n) is 12.2. The van der Waals surface area contributed by atoms with Gasteiger partial charge in [-0.05, 0) is 25.1 Å². The molecule has 112 valence electrons. The molecule has 0 bridgehead atoms. The van der Waals surface area contributed by atoms with Gasteiger partial charge in [-0.2, -0.15) is 0 Å². The normalized spacial score (nSPS) is 11.9. The number of ether oxygens (including phenoxy) is 2. The van der Waals surface area contributed by atoms with E-state index in [2.05, 4.69) is 12.2 Å². The van der Waals surface area contributed by atoms with E-state index in [-0.39, 0.29) is 17.4 Å². The van der Waals surface area contributed by atoms with Gasteiger partial charge in [0, 0.05) is 12.5 Å². The molecule has 0 heterocycles. The van der Waals surface area contributed by atoms with E-state index in [9.17, 15) is 10.1 Å². The van der Waals surface area contributed by atoms with Crippen molar-refractivity contribution in [2.45, 2.75) is 20.3 Å². The molecule has 0 aliphatic carbocycles. The molecular formula is C14H22N2O4. The van der Waals surface area contributed by atoms with Crippen LogP contribution >= 0.6 is 0 Å². The SMILES string of the molecule is CCCNCC(C)COc1ccc(OC)cc1[N+](=O)[O-]. The van der Waals surface area contributed by atoms with Crippen molar-refractivity contribution >= 4 is 5.69 Å². The number of nitro groups is 1. The van der Waals surface area contributed by atoms with E-state index in [0.717, 1.165) is 19.5 Å². The Labute approximate surface area is 119 Å². The van der Waals surface area contributed by atoms with Gasteiger partial charge in [-0.1, -0.05) is 13.8 Å². The highest BCUT2D eigenvalue weighted by molar-refractivity contribution is 5.50. The van der Waals surface area contributed by atoms with Crippen molar-refractivity contribution in [2.75, 3.05) is 26.8 Å². The average molecular weight is 282 g/mol. The molecule has 20 heavy (non-hydrogen) atoms. The Morgan fingerprint density at radius 3 is 2.80 bits per heavy atom. The Morgan fingerprint density at radius 2 is 2.20 bits per heavy atom. The molecule has 0 aromatic heterocycles. The van der Waals surface area contributed by atoms with Crippen LogP contribution in [0.25, 0.3) is 0 Å². The number of methoxy groups -OCH3 is 1. The van der Waals surface area contributed by atoms with Crippen molar-refractivity contribution in [2.24, 2.45) is 5.92 Å². The highest BCUT2D eigenvalue weighted by Gasteiger charge is 2.17. The van der Waals surface area contributed by atoms with Gasteiger partial charge in [0.15, 0.2) is 5.75 Å². The predicted octanol–water partition coefficient (Wildman–Crippen LogP) is 2.62. The number of hydrogen-bond acceptors (Lipinski definition) is 5. The van der Waals surface area contributed by atoms with E-state index in [1.54, 1.807) is 12.1 Å². The van der Waals surface area contributed by atoms with Crippen LogP contribution in [0.5, 0.6) is 11.5 Å². The highest BCUT2D eigenvalue weighted by Crippen LogP contribution is 2.31. The largest absolute Gasteiger partial charge is 0.496 e. The second kappa shape index (κ2) is 8.37. The van der Waals surface area contributed by atoms with Gasteiger partial charge in [0.2, 0.25) is 0 Å². The van der Waals surface area contributed by atoms with Crippen LogP contribution in [0, 0.1) is 16.0 Å². The van der Waals surface area contributed by atoms with Gasteiger partial charge in [-0.15, -0.1) is 0 Å². The molecule has 6 heteroatoms. The van der Waals surface area contributed by atoms with Gasteiger partial charge in [0.05, 0.1) is 24.7 Å². The minimum absolute atomic E-state index is 0.0712. The molecule has 0 saturated heterocycles. The van der Waals surface area contributed by atoms with Crippen molar-refractivity contribution in [3.8, 4) is 11.5 Å². The Hall–Kier alpha value is -1.82. The Balaban J connectivity index is 2.60. The van der Waals surface area contributed by atoms with Crippen molar-refractivity contribution in [3.05, 3.63) is 28.3 Å². The van der Waals surface area contributed by atoms with Crippen molar-refractivity contribution in [1.82, 2.24) is 5.32 Å². The lowest BCUT2D eigenvalue weighted by Crippen LogP contribution is -2.25. The molecule has 1 aromatic rings. The van der Waals surface area contributed by atoms with E-state index in [0.29, 0.717) is 12.4 Å². The molecule has 0 spiro atoms. The van der Waals surface area contributed by atoms with E-state index in [4.69, 9.17) is 9.47 Å². The molecule has 6 nitrogen and oxygen atoms in total. The number of nitrogens with one attached hydrogen (secondary N) is 1. The lowest BCUT2D eigenvalue weighted by molar-refractivity contribution is -0.386. The third-order valence-corrected chi connectivity index (χ3v) is 2.81. The van der Waals surface area contributed by atoms with Crippen LogP contribution in [0.3, 0.4) is 0 Å². The second-order valence-electron chi connectivity index (χ2n) is 4.71. The number of nitro benzene ring substituents is 1. The van der Waals surface area contributed by atoms with Gasteiger partial charge in [0.1, 0.15) is 5.75 Å². The first-order valence-electron chi connectivity index (χ1n) is 6.74. The lowest BCUT2D eigenvalue weighted by atomic mass is 10.2. The van der Waals surface area contributed by atoms with Crippen LogP contribution in [0.2, 0.25) is 0 Å². The third kappa shape index (κ3) is 5.05. The summed E-state index contributed by atoms with van der Waals surface area (Å²) in [5, 5.41) is 14.3. The summed E-state index contributed by atoms with van der Waals surface area (Å²) in [6.45, 7) is 6.38. The van der Waals surface area contributed by atoms with E-state index < -0.39 is 4.92 Å².